The van der Waals surface area contributed by atoms with Crippen LogP contribution in [-0.4, -0.2) is 21.0 Å². The average Bonchev–Trinajstić information content (AvgIpc) is 2.74. The van der Waals surface area contributed by atoms with E-state index >= 15 is 0 Å². The van der Waals surface area contributed by atoms with Gasteiger partial charge in [-0.3, -0.25) is 4.79 Å². The number of fused-ring (bicyclic) bond motifs is 1. The second-order valence-electron chi connectivity index (χ2n) is 5.94. The molecule has 0 spiro atoms. The molecule has 0 fully saturated rings. The average molecular weight is 294 g/mol. The van der Waals surface area contributed by atoms with Gasteiger partial charge in [0.15, 0.2) is 0 Å². The lowest BCUT2D eigenvalue weighted by atomic mass is 10.1. The number of carbonyl (C=O) groups is 1. The molecule has 0 saturated heterocycles. The number of hydrogen-bond donors (Lipinski definition) is 1. The van der Waals surface area contributed by atoms with Gasteiger partial charge in [0.1, 0.15) is 11.9 Å². The molecule has 108 valence electrons. The number of nitrogens with zero attached hydrogens (tertiary/aromatic N) is 2. The van der Waals surface area contributed by atoms with Gasteiger partial charge in [0, 0.05) is 5.54 Å². The summed E-state index contributed by atoms with van der Waals surface area (Å²) in [5, 5.41) is 2.99. The smallest absolute Gasteiger partial charge is 0.243 e. The Kier molecular flexibility index (Phi) is 4.04. The van der Waals surface area contributed by atoms with Gasteiger partial charge in [-0.2, -0.15) is 0 Å². The summed E-state index contributed by atoms with van der Waals surface area (Å²) in [6.07, 6.45) is 0. The minimum atomic E-state index is -0.352. The Bertz CT molecular complexity index is 628. The van der Waals surface area contributed by atoms with E-state index in [1.807, 2.05) is 56.5 Å². The predicted molar refractivity (Wildman–Crippen MR) is 81.9 cm³/mol. The molecule has 1 aromatic heterocycles. The zero-order valence-electron chi connectivity index (χ0n) is 12.3. The van der Waals surface area contributed by atoms with Crippen molar-refractivity contribution in [2.24, 2.45) is 0 Å². The lowest BCUT2D eigenvalue weighted by Gasteiger charge is -2.24. The van der Waals surface area contributed by atoms with E-state index in [1.54, 1.807) is 0 Å². The number of nitrogens with one attached hydrogen (secondary N) is 1. The van der Waals surface area contributed by atoms with Crippen molar-refractivity contribution in [1.29, 1.82) is 0 Å². The van der Waals surface area contributed by atoms with Crippen molar-refractivity contribution in [3.63, 3.8) is 0 Å². The molecule has 5 heteroatoms. The molecule has 2 aromatic rings. The highest BCUT2D eigenvalue weighted by Gasteiger charge is 2.24. The fourth-order valence-corrected chi connectivity index (χ4v) is 2.40. The summed E-state index contributed by atoms with van der Waals surface area (Å²) >= 11 is 5.97. The lowest BCUT2D eigenvalue weighted by molar-refractivity contribution is -0.125. The monoisotopic (exact) mass is 293 g/mol. The fraction of sp³-hybridized carbons (Fsp3) is 0.467. The summed E-state index contributed by atoms with van der Waals surface area (Å²) < 4.78 is 1.91. The molecule has 4 nitrogen and oxygen atoms in total. The second-order valence-corrected chi connectivity index (χ2v) is 6.20. The third-order valence-corrected chi connectivity index (χ3v) is 3.29. The molecule has 0 aliphatic rings. The van der Waals surface area contributed by atoms with Crippen molar-refractivity contribution in [2.75, 3.05) is 0 Å². The van der Waals surface area contributed by atoms with Gasteiger partial charge < -0.3 is 9.88 Å². The normalized spacial score (nSPS) is 13.4. The zero-order chi connectivity index (χ0) is 14.9. The van der Waals surface area contributed by atoms with E-state index in [4.69, 9.17) is 11.6 Å². The molecule has 20 heavy (non-hydrogen) atoms. The van der Waals surface area contributed by atoms with Crippen LogP contribution in [0.4, 0.5) is 0 Å². The Morgan fingerprint density at radius 1 is 1.40 bits per heavy atom. The van der Waals surface area contributed by atoms with E-state index in [9.17, 15) is 4.79 Å². The molecular weight excluding hydrogens is 274 g/mol. The first-order valence-corrected chi connectivity index (χ1v) is 7.21. The fourth-order valence-electron chi connectivity index (χ4n) is 2.21. The summed E-state index contributed by atoms with van der Waals surface area (Å²) in [7, 11) is 0. The molecule has 1 aromatic carbocycles. The van der Waals surface area contributed by atoms with Crippen LogP contribution in [0.3, 0.4) is 0 Å². The molecule has 0 aliphatic heterocycles. The predicted octanol–water partition coefficient (Wildman–Crippen LogP) is 3.25. The Morgan fingerprint density at radius 3 is 2.65 bits per heavy atom. The van der Waals surface area contributed by atoms with Gasteiger partial charge in [0.05, 0.1) is 16.9 Å². The molecule has 0 aliphatic carbocycles. The summed E-state index contributed by atoms with van der Waals surface area (Å²) in [6, 6.07) is 7.40. The van der Waals surface area contributed by atoms with Crippen molar-refractivity contribution in [2.45, 2.75) is 45.2 Å². The summed E-state index contributed by atoms with van der Waals surface area (Å²) in [5.74, 6) is 0.957. The van der Waals surface area contributed by atoms with Crippen molar-refractivity contribution >= 4 is 28.5 Å². The number of benzene rings is 1. The number of hydrogen-bond acceptors (Lipinski definition) is 2. The molecule has 1 atom stereocenters. The maximum Gasteiger partial charge on any atom is 0.243 e. The van der Waals surface area contributed by atoms with Crippen LogP contribution in [-0.2, 0) is 10.7 Å². The molecule has 2 rings (SSSR count). The molecule has 0 bridgehead atoms. The highest BCUT2D eigenvalue weighted by molar-refractivity contribution is 6.16. The van der Waals surface area contributed by atoms with Crippen LogP contribution in [0, 0.1) is 0 Å². The maximum absolute atomic E-state index is 12.4. The number of imidazole rings is 1. The largest absolute Gasteiger partial charge is 0.350 e. The van der Waals surface area contributed by atoms with Gasteiger partial charge in [-0.05, 0) is 39.8 Å². The van der Waals surface area contributed by atoms with Gasteiger partial charge in [0.25, 0.3) is 0 Å². The van der Waals surface area contributed by atoms with E-state index in [1.165, 1.54) is 0 Å². The number of halogens is 1. The minimum absolute atomic E-state index is 0.0352. The van der Waals surface area contributed by atoms with Crippen LogP contribution in [0.1, 0.15) is 39.6 Å². The molecular formula is C15H20ClN3O. The van der Waals surface area contributed by atoms with Crippen molar-refractivity contribution in [3.8, 4) is 0 Å². The van der Waals surface area contributed by atoms with Crippen LogP contribution >= 0.6 is 11.6 Å². The quantitative estimate of drug-likeness (QED) is 0.883. The second kappa shape index (κ2) is 5.44. The van der Waals surface area contributed by atoms with Gasteiger partial charge in [-0.1, -0.05) is 12.1 Å². The first-order valence-electron chi connectivity index (χ1n) is 6.67. The highest BCUT2D eigenvalue weighted by atomic mass is 35.5. The van der Waals surface area contributed by atoms with E-state index in [0.29, 0.717) is 5.82 Å². The molecule has 1 unspecified atom stereocenters. The molecule has 1 N–H and O–H groups in total. The SMILES string of the molecule is CC(C(=O)NC(C)(C)C)n1c(CCl)nc2ccccc21. The van der Waals surface area contributed by atoms with Gasteiger partial charge in [-0.15, -0.1) is 11.6 Å². The first-order chi connectivity index (χ1) is 9.33. The molecule has 1 heterocycles. The Balaban J connectivity index is 2.43. The van der Waals surface area contributed by atoms with E-state index < -0.39 is 0 Å². The van der Waals surface area contributed by atoms with Gasteiger partial charge in [0.2, 0.25) is 5.91 Å². The summed E-state index contributed by atoms with van der Waals surface area (Å²) in [6.45, 7) is 7.76. The number of aromatic nitrogens is 2. The Hall–Kier alpha value is -1.55. The summed E-state index contributed by atoms with van der Waals surface area (Å²) in [4.78, 5) is 16.8. The first kappa shape index (κ1) is 14.9. The number of para-hydroxylation sites is 2. The van der Waals surface area contributed by atoms with Crippen LogP contribution in [0.15, 0.2) is 24.3 Å². The van der Waals surface area contributed by atoms with Crippen molar-refractivity contribution in [1.82, 2.24) is 14.9 Å². The van der Waals surface area contributed by atoms with Gasteiger partial charge >= 0.3 is 0 Å². The number of carbonyl (C=O) groups excluding carboxylic acids is 1. The molecule has 0 saturated carbocycles. The zero-order valence-corrected chi connectivity index (χ0v) is 13.0. The van der Waals surface area contributed by atoms with Gasteiger partial charge in [-0.25, -0.2) is 4.98 Å². The van der Waals surface area contributed by atoms with E-state index in [0.717, 1.165) is 11.0 Å². The van der Waals surface area contributed by atoms with Crippen LogP contribution in [0.5, 0.6) is 0 Å². The molecule has 1 amide bonds. The topological polar surface area (TPSA) is 46.9 Å². The highest BCUT2D eigenvalue weighted by Crippen LogP contribution is 2.22. The van der Waals surface area contributed by atoms with E-state index in [2.05, 4.69) is 10.3 Å². The van der Waals surface area contributed by atoms with Crippen LogP contribution in [0.25, 0.3) is 11.0 Å². The maximum atomic E-state index is 12.4. The Morgan fingerprint density at radius 2 is 2.05 bits per heavy atom. The minimum Gasteiger partial charge on any atom is -0.350 e. The number of rotatable bonds is 3. The van der Waals surface area contributed by atoms with Crippen molar-refractivity contribution in [3.05, 3.63) is 30.1 Å². The number of alkyl halides is 1. The molecule has 0 radical (unpaired) electrons. The van der Waals surface area contributed by atoms with Crippen molar-refractivity contribution < 1.29 is 4.79 Å². The van der Waals surface area contributed by atoms with Crippen LogP contribution in [0.2, 0.25) is 0 Å². The lowest BCUT2D eigenvalue weighted by Crippen LogP contribution is -2.44. The third-order valence-electron chi connectivity index (χ3n) is 3.05. The number of amides is 1. The summed E-state index contributed by atoms with van der Waals surface area (Å²) in [5.41, 5.74) is 1.53. The Labute approximate surface area is 124 Å². The van der Waals surface area contributed by atoms with E-state index in [-0.39, 0.29) is 23.4 Å². The standard InChI is InChI=1S/C15H20ClN3O/c1-10(14(20)18-15(2,3)4)19-12-8-6-5-7-11(12)17-13(19)9-16/h5-8,10H,9H2,1-4H3,(H,18,20). The van der Waals surface area contributed by atoms with Crippen LogP contribution < -0.4 is 5.32 Å². The third kappa shape index (κ3) is 2.96.